The van der Waals surface area contributed by atoms with Crippen LogP contribution in [-0.4, -0.2) is 33.5 Å². The molecule has 1 saturated carbocycles. The first-order valence-corrected chi connectivity index (χ1v) is 7.16. The van der Waals surface area contributed by atoms with Crippen molar-refractivity contribution in [2.75, 3.05) is 11.9 Å². The van der Waals surface area contributed by atoms with Crippen LogP contribution < -0.4 is 4.90 Å². The van der Waals surface area contributed by atoms with Gasteiger partial charge in [-0.1, -0.05) is 19.3 Å². The van der Waals surface area contributed by atoms with E-state index < -0.39 is 12.0 Å². The van der Waals surface area contributed by atoms with E-state index in [4.69, 9.17) is 5.11 Å². The maximum atomic E-state index is 10.9. The van der Waals surface area contributed by atoms with Gasteiger partial charge in [-0.2, -0.15) is 4.37 Å². The van der Waals surface area contributed by atoms with Crippen molar-refractivity contribution in [1.82, 2.24) is 9.36 Å². The highest BCUT2D eigenvalue weighted by Gasteiger charge is 2.24. The summed E-state index contributed by atoms with van der Waals surface area (Å²) in [6, 6.07) is -0.572. The highest BCUT2D eigenvalue weighted by molar-refractivity contribution is 7.09. The minimum Gasteiger partial charge on any atom is -0.480 e. The van der Waals surface area contributed by atoms with Crippen molar-refractivity contribution in [3.63, 3.8) is 0 Å². The molecule has 1 aromatic rings. The Kier molecular flexibility index (Phi) is 4.16. The molecule has 1 unspecified atom stereocenters. The number of carboxylic acid groups (broad SMARTS) is 1. The van der Waals surface area contributed by atoms with Crippen molar-refractivity contribution in [3.05, 3.63) is 5.82 Å². The van der Waals surface area contributed by atoms with Gasteiger partial charge in [0.05, 0.1) is 0 Å². The lowest BCUT2D eigenvalue weighted by molar-refractivity contribution is -0.138. The van der Waals surface area contributed by atoms with Crippen LogP contribution in [0.15, 0.2) is 0 Å². The largest absolute Gasteiger partial charge is 0.480 e. The van der Waals surface area contributed by atoms with Gasteiger partial charge in [0.25, 0.3) is 0 Å². The first kappa shape index (κ1) is 13.3. The summed E-state index contributed by atoms with van der Waals surface area (Å²) in [5.41, 5.74) is 0. The fourth-order valence-corrected chi connectivity index (χ4v) is 3.01. The van der Waals surface area contributed by atoms with Gasteiger partial charge < -0.3 is 10.0 Å². The number of carboxylic acids is 1. The van der Waals surface area contributed by atoms with E-state index in [1.54, 1.807) is 18.9 Å². The van der Waals surface area contributed by atoms with Crippen LogP contribution in [0.2, 0.25) is 0 Å². The van der Waals surface area contributed by atoms with Gasteiger partial charge >= 0.3 is 5.97 Å². The van der Waals surface area contributed by atoms with Crippen molar-refractivity contribution < 1.29 is 9.90 Å². The van der Waals surface area contributed by atoms with Gasteiger partial charge in [0.1, 0.15) is 11.9 Å². The third-order valence-corrected chi connectivity index (χ3v) is 4.46. The standard InChI is InChI=1S/C12H19N3O2S/c1-8(11(16)17)15(2)12-13-10(14-18-12)9-6-4-3-5-7-9/h8-9H,3-7H2,1-2H3,(H,16,17). The molecule has 100 valence electrons. The van der Waals surface area contributed by atoms with Crippen molar-refractivity contribution >= 4 is 22.6 Å². The molecule has 18 heavy (non-hydrogen) atoms. The number of carbonyl (C=O) groups is 1. The van der Waals surface area contributed by atoms with E-state index in [1.807, 2.05) is 0 Å². The Morgan fingerprint density at radius 1 is 1.44 bits per heavy atom. The van der Waals surface area contributed by atoms with Crippen LogP contribution in [0.5, 0.6) is 0 Å². The van der Waals surface area contributed by atoms with E-state index in [0.717, 1.165) is 18.7 Å². The number of aromatic nitrogens is 2. The Hall–Kier alpha value is -1.17. The number of hydrogen-bond acceptors (Lipinski definition) is 5. The smallest absolute Gasteiger partial charge is 0.326 e. The van der Waals surface area contributed by atoms with Gasteiger partial charge in [-0.25, -0.2) is 9.78 Å². The van der Waals surface area contributed by atoms with E-state index in [1.165, 1.54) is 30.8 Å². The fourth-order valence-electron chi connectivity index (χ4n) is 2.23. The first-order chi connectivity index (χ1) is 8.59. The quantitative estimate of drug-likeness (QED) is 0.909. The molecule has 6 heteroatoms. The van der Waals surface area contributed by atoms with Crippen molar-refractivity contribution in [1.29, 1.82) is 0 Å². The Morgan fingerprint density at radius 2 is 2.11 bits per heavy atom. The second-order valence-corrected chi connectivity index (χ2v) is 5.63. The summed E-state index contributed by atoms with van der Waals surface area (Å²) >= 11 is 1.30. The summed E-state index contributed by atoms with van der Waals surface area (Å²) in [5.74, 6) is 0.531. The Morgan fingerprint density at radius 3 is 2.72 bits per heavy atom. The van der Waals surface area contributed by atoms with Crippen LogP contribution in [-0.2, 0) is 4.79 Å². The van der Waals surface area contributed by atoms with Gasteiger partial charge in [-0.15, -0.1) is 0 Å². The highest BCUT2D eigenvalue weighted by Crippen LogP contribution is 2.33. The molecule has 0 radical (unpaired) electrons. The zero-order valence-corrected chi connectivity index (χ0v) is 11.6. The molecular formula is C12H19N3O2S. The summed E-state index contributed by atoms with van der Waals surface area (Å²) in [7, 11) is 1.75. The molecule has 0 aromatic carbocycles. The Bertz CT molecular complexity index is 415. The third-order valence-electron chi connectivity index (χ3n) is 3.64. The van der Waals surface area contributed by atoms with E-state index in [9.17, 15) is 4.79 Å². The van der Waals surface area contributed by atoms with Gasteiger partial charge in [0.2, 0.25) is 5.13 Å². The Labute approximate surface area is 111 Å². The predicted molar refractivity (Wildman–Crippen MR) is 71.2 cm³/mol. The molecule has 1 fully saturated rings. The Balaban J connectivity index is 2.07. The molecule has 0 bridgehead atoms. The maximum Gasteiger partial charge on any atom is 0.326 e. The first-order valence-electron chi connectivity index (χ1n) is 6.39. The van der Waals surface area contributed by atoms with Crippen LogP contribution in [0.4, 0.5) is 5.13 Å². The van der Waals surface area contributed by atoms with Gasteiger partial charge in [0, 0.05) is 24.5 Å². The lowest BCUT2D eigenvalue weighted by Gasteiger charge is -2.20. The van der Waals surface area contributed by atoms with Crippen molar-refractivity contribution in [2.45, 2.75) is 51.0 Å². The zero-order valence-electron chi connectivity index (χ0n) is 10.8. The van der Waals surface area contributed by atoms with Crippen LogP contribution in [0, 0.1) is 0 Å². The molecule has 1 atom stereocenters. The van der Waals surface area contributed by atoms with Crippen molar-refractivity contribution in [3.8, 4) is 0 Å². The van der Waals surface area contributed by atoms with Gasteiger partial charge in [0.15, 0.2) is 0 Å². The lowest BCUT2D eigenvalue weighted by atomic mass is 9.89. The molecule has 0 spiro atoms. The number of anilines is 1. The van der Waals surface area contributed by atoms with Crippen LogP contribution in [0.3, 0.4) is 0 Å². The average molecular weight is 269 g/mol. The predicted octanol–water partition coefficient (Wildman–Crippen LogP) is 2.50. The molecule has 1 aliphatic carbocycles. The summed E-state index contributed by atoms with van der Waals surface area (Å²) in [6.45, 7) is 1.66. The van der Waals surface area contributed by atoms with Crippen LogP contribution >= 0.6 is 11.5 Å². The third kappa shape index (κ3) is 2.80. The molecule has 1 aromatic heterocycles. The van der Waals surface area contributed by atoms with Crippen molar-refractivity contribution in [2.24, 2.45) is 0 Å². The topological polar surface area (TPSA) is 66.3 Å². The molecule has 2 rings (SSSR count). The summed E-state index contributed by atoms with van der Waals surface area (Å²) in [5, 5.41) is 9.68. The molecule has 5 nitrogen and oxygen atoms in total. The second-order valence-electron chi connectivity index (χ2n) is 4.90. The number of rotatable bonds is 4. The summed E-state index contributed by atoms with van der Waals surface area (Å²) < 4.78 is 4.40. The van der Waals surface area contributed by atoms with E-state index in [-0.39, 0.29) is 0 Å². The minimum absolute atomic E-state index is 0.470. The molecule has 0 saturated heterocycles. The number of nitrogens with zero attached hydrogens (tertiary/aromatic N) is 3. The summed E-state index contributed by atoms with van der Waals surface area (Å²) in [6.07, 6.45) is 6.13. The minimum atomic E-state index is -0.841. The van der Waals surface area contributed by atoms with E-state index in [0.29, 0.717) is 11.0 Å². The maximum absolute atomic E-state index is 10.9. The summed E-state index contributed by atoms with van der Waals surface area (Å²) in [4.78, 5) is 17.1. The monoisotopic (exact) mass is 269 g/mol. The molecule has 1 aliphatic rings. The number of likely N-dealkylation sites (N-methyl/N-ethyl adjacent to an activating group) is 1. The van der Waals surface area contributed by atoms with Crippen LogP contribution in [0.25, 0.3) is 0 Å². The second kappa shape index (κ2) is 5.65. The number of aliphatic carboxylic acids is 1. The zero-order chi connectivity index (χ0) is 13.1. The highest BCUT2D eigenvalue weighted by atomic mass is 32.1. The van der Waals surface area contributed by atoms with Gasteiger partial charge in [-0.3, -0.25) is 0 Å². The fraction of sp³-hybridized carbons (Fsp3) is 0.750. The average Bonchev–Trinajstić information content (AvgIpc) is 2.87. The molecular weight excluding hydrogens is 250 g/mol. The SMILES string of the molecule is CC(C(=O)O)N(C)c1nc(C2CCCCC2)ns1. The molecule has 0 amide bonds. The van der Waals surface area contributed by atoms with Crippen LogP contribution in [0.1, 0.15) is 50.8 Å². The molecule has 1 heterocycles. The molecule has 1 N–H and O–H groups in total. The van der Waals surface area contributed by atoms with E-state index >= 15 is 0 Å². The van der Waals surface area contributed by atoms with Gasteiger partial charge in [-0.05, 0) is 19.8 Å². The van der Waals surface area contributed by atoms with E-state index in [2.05, 4.69) is 9.36 Å². The lowest BCUT2D eigenvalue weighted by Crippen LogP contribution is -2.35. The normalized spacial score (nSPS) is 18.6. The number of hydrogen-bond donors (Lipinski definition) is 1. The molecule has 0 aliphatic heterocycles.